The van der Waals surface area contributed by atoms with Crippen molar-refractivity contribution in [1.29, 1.82) is 0 Å². The zero-order valence-electron chi connectivity index (χ0n) is 24.4. The average Bonchev–Trinajstić information content (AvgIpc) is 2.95. The van der Waals surface area contributed by atoms with E-state index in [1.807, 2.05) is 6.08 Å². The number of rotatable bonds is 13. The molecule has 0 bridgehead atoms. The predicted octanol–water partition coefficient (Wildman–Crippen LogP) is 9.08. The van der Waals surface area contributed by atoms with Gasteiger partial charge in [-0.05, 0) is 49.1 Å². The maximum atomic E-state index is 13.0. The highest BCUT2D eigenvalue weighted by molar-refractivity contribution is 6.74. The second kappa shape index (κ2) is 12.6. The van der Waals surface area contributed by atoms with Gasteiger partial charge in [-0.1, -0.05) is 92.4 Å². The molecule has 0 saturated heterocycles. The van der Waals surface area contributed by atoms with Gasteiger partial charge in [-0.3, -0.25) is 4.79 Å². The Kier molecular flexibility index (Phi) is 11.7. The van der Waals surface area contributed by atoms with Crippen LogP contribution in [0.4, 0.5) is 0 Å². The molecule has 0 aliphatic heterocycles. The molecule has 1 rings (SSSR count). The predicted molar refractivity (Wildman–Crippen MR) is 153 cm³/mol. The van der Waals surface area contributed by atoms with Gasteiger partial charge in [-0.2, -0.15) is 0 Å². The lowest BCUT2D eigenvalue weighted by Gasteiger charge is -2.40. The molecule has 0 aromatic heterocycles. The van der Waals surface area contributed by atoms with Crippen molar-refractivity contribution < 1.29 is 13.6 Å². The Morgan fingerprint density at radius 3 is 2.09 bits per heavy atom. The average molecular weight is 509 g/mol. The van der Waals surface area contributed by atoms with Gasteiger partial charge in [0.15, 0.2) is 16.6 Å². The van der Waals surface area contributed by atoms with Crippen molar-refractivity contribution in [3.8, 4) is 0 Å². The van der Waals surface area contributed by atoms with E-state index in [1.54, 1.807) is 0 Å². The van der Waals surface area contributed by atoms with Gasteiger partial charge in [-0.15, -0.1) is 6.58 Å². The number of unbranched alkanes of at least 4 members (excludes halogenated alkanes) is 3. The van der Waals surface area contributed by atoms with Crippen LogP contribution in [0.1, 0.15) is 93.4 Å². The van der Waals surface area contributed by atoms with Crippen LogP contribution < -0.4 is 0 Å². The molecular formula is C29H56O3Si2. The minimum Gasteiger partial charge on any atom is -0.413 e. The largest absolute Gasteiger partial charge is 0.413 e. The van der Waals surface area contributed by atoms with Crippen LogP contribution in [0.2, 0.25) is 36.3 Å². The molecular weight excluding hydrogens is 452 g/mol. The molecule has 198 valence electrons. The zero-order chi connectivity index (χ0) is 26.4. The fraction of sp³-hybridized carbons (Fsp3) is 0.828. The van der Waals surface area contributed by atoms with Crippen molar-refractivity contribution >= 4 is 22.4 Å². The fourth-order valence-electron chi connectivity index (χ4n) is 4.14. The number of hydrogen-bond acceptors (Lipinski definition) is 3. The van der Waals surface area contributed by atoms with E-state index in [1.165, 1.54) is 25.7 Å². The summed E-state index contributed by atoms with van der Waals surface area (Å²) in [6, 6.07) is 0. The molecule has 34 heavy (non-hydrogen) atoms. The molecule has 0 radical (unpaired) electrons. The van der Waals surface area contributed by atoms with Gasteiger partial charge in [0, 0.05) is 18.3 Å². The van der Waals surface area contributed by atoms with Gasteiger partial charge >= 0.3 is 0 Å². The van der Waals surface area contributed by atoms with Crippen molar-refractivity contribution in [3.63, 3.8) is 0 Å². The highest BCUT2D eigenvalue weighted by atomic mass is 28.4. The number of Topliss-reactive ketones (excluding diaryl/α,β-unsaturated/α-hetero) is 1. The van der Waals surface area contributed by atoms with Crippen LogP contribution in [-0.2, 0) is 13.6 Å². The number of carbonyl (C=O) groups excluding carboxylic acids is 1. The van der Waals surface area contributed by atoms with E-state index in [9.17, 15) is 4.79 Å². The second-order valence-corrected chi connectivity index (χ2v) is 23.0. The van der Waals surface area contributed by atoms with E-state index in [4.69, 9.17) is 8.85 Å². The molecule has 4 unspecified atom stereocenters. The minimum absolute atomic E-state index is 0.0304. The summed E-state index contributed by atoms with van der Waals surface area (Å²) in [5.41, 5.74) is 0. The van der Waals surface area contributed by atoms with Gasteiger partial charge in [0.25, 0.3) is 0 Å². The Hall–Kier alpha value is -0.496. The van der Waals surface area contributed by atoms with Gasteiger partial charge in [-0.25, -0.2) is 0 Å². The molecule has 1 fully saturated rings. The molecule has 0 heterocycles. The van der Waals surface area contributed by atoms with Crippen LogP contribution in [0.3, 0.4) is 0 Å². The molecule has 5 heteroatoms. The standard InChI is InChI=1S/C29H56O3Si2/c1-13-15-16-17-19-23(31-33(9,10)28(3,4)5)20-21-25-24(18-14-2)26(30)22-27(25)32-34(11,12)29(6,7)8/h14,20-21,23-25,27H,2,13,15-19,22H2,1,3-12H3. The van der Waals surface area contributed by atoms with E-state index < -0.39 is 16.6 Å². The lowest BCUT2D eigenvalue weighted by atomic mass is 9.90. The normalized spacial score (nSPS) is 23.6. The van der Waals surface area contributed by atoms with Gasteiger partial charge in [0.05, 0.1) is 12.2 Å². The molecule has 0 amide bonds. The SMILES string of the molecule is C=CCC1C(=O)CC(O[Si](C)(C)C(C)(C)C)C1C=CC(CCCCCC)O[Si](C)(C)C(C)(C)C. The van der Waals surface area contributed by atoms with Gasteiger partial charge < -0.3 is 8.85 Å². The van der Waals surface area contributed by atoms with E-state index in [0.717, 1.165) is 12.8 Å². The highest BCUT2D eigenvalue weighted by Gasteiger charge is 2.47. The molecule has 1 aliphatic rings. The first-order chi connectivity index (χ1) is 15.5. The third kappa shape index (κ3) is 8.86. The second-order valence-electron chi connectivity index (χ2n) is 13.4. The van der Waals surface area contributed by atoms with E-state index in [-0.39, 0.29) is 34.1 Å². The number of carbonyl (C=O) groups is 1. The Morgan fingerprint density at radius 2 is 1.59 bits per heavy atom. The van der Waals surface area contributed by atoms with Crippen LogP contribution in [0.5, 0.6) is 0 Å². The molecule has 0 N–H and O–H groups in total. The van der Waals surface area contributed by atoms with Crippen molar-refractivity contribution in [2.24, 2.45) is 11.8 Å². The third-order valence-electron chi connectivity index (χ3n) is 8.53. The quantitative estimate of drug-likeness (QED) is 0.141. The first-order valence-electron chi connectivity index (χ1n) is 13.6. The first kappa shape index (κ1) is 31.5. The summed E-state index contributed by atoms with van der Waals surface area (Å²) in [6.07, 6.45) is 13.8. The lowest BCUT2D eigenvalue weighted by molar-refractivity contribution is -0.121. The van der Waals surface area contributed by atoms with Crippen LogP contribution in [-0.4, -0.2) is 34.6 Å². The smallest absolute Gasteiger partial charge is 0.192 e. The maximum absolute atomic E-state index is 13.0. The summed E-state index contributed by atoms with van der Waals surface area (Å²) in [7, 11) is -3.88. The molecule has 0 aromatic rings. The minimum atomic E-state index is -1.98. The Balaban J connectivity index is 3.19. The summed E-state index contributed by atoms with van der Waals surface area (Å²) < 4.78 is 13.7. The monoisotopic (exact) mass is 508 g/mol. The van der Waals surface area contributed by atoms with Crippen LogP contribution >= 0.6 is 0 Å². The summed E-state index contributed by atoms with van der Waals surface area (Å²) in [5.74, 6) is 0.390. The highest BCUT2D eigenvalue weighted by Crippen LogP contribution is 2.43. The van der Waals surface area contributed by atoms with E-state index in [0.29, 0.717) is 12.2 Å². The lowest BCUT2D eigenvalue weighted by Crippen LogP contribution is -2.45. The maximum Gasteiger partial charge on any atom is 0.192 e. The Labute approximate surface area is 214 Å². The number of ketones is 1. The first-order valence-corrected chi connectivity index (χ1v) is 19.5. The molecule has 4 atom stereocenters. The zero-order valence-corrected chi connectivity index (χ0v) is 26.4. The summed E-state index contributed by atoms with van der Waals surface area (Å²) >= 11 is 0. The van der Waals surface area contributed by atoms with E-state index in [2.05, 4.69) is 93.4 Å². The molecule has 1 saturated carbocycles. The fourth-order valence-corrected chi connectivity index (χ4v) is 6.79. The van der Waals surface area contributed by atoms with Crippen LogP contribution in [0.15, 0.2) is 24.8 Å². The molecule has 0 spiro atoms. The summed E-state index contributed by atoms with van der Waals surface area (Å²) in [5, 5.41) is 0.291. The number of allylic oxidation sites excluding steroid dienone is 1. The van der Waals surface area contributed by atoms with Crippen LogP contribution in [0, 0.1) is 11.8 Å². The number of hydrogen-bond donors (Lipinski definition) is 0. The Morgan fingerprint density at radius 1 is 1.00 bits per heavy atom. The molecule has 1 aliphatic carbocycles. The molecule has 3 nitrogen and oxygen atoms in total. The van der Waals surface area contributed by atoms with Gasteiger partial charge in [0.2, 0.25) is 0 Å². The Bertz CT molecular complexity index is 682. The molecule has 0 aromatic carbocycles. The van der Waals surface area contributed by atoms with Crippen molar-refractivity contribution in [3.05, 3.63) is 24.8 Å². The van der Waals surface area contributed by atoms with E-state index >= 15 is 0 Å². The summed E-state index contributed by atoms with van der Waals surface area (Å²) in [6.45, 7) is 29.1. The van der Waals surface area contributed by atoms with Crippen molar-refractivity contribution in [2.75, 3.05) is 0 Å². The van der Waals surface area contributed by atoms with Gasteiger partial charge in [0.1, 0.15) is 5.78 Å². The third-order valence-corrected chi connectivity index (χ3v) is 17.5. The van der Waals surface area contributed by atoms with Crippen LogP contribution in [0.25, 0.3) is 0 Å². The van der Waals surface area contributed by atoms with Crippen molar-refractivity contribution in [1.82, 2.24) is 0 Å². The topological polar surface area (TPSA) is 35.5 Å². The summed E-state index contributed by atoms with van der Waals surface area (Å²) in [4.78, 5) is 13.0. The van der Waals surface area contributed by atoms with Crippen molar-refractivity contribution in [2.45, 2.75) is 142 Å².